The van der Waals surface area contributed by atoms with Crippen molar-refractivity contribution in [1.82, 2.24) is 4.98 Å². The molecule has 11 heavy (non-hydrogen) atoms. The number of rotatable bonds is 4. The number of anilines is 1. The molecule has 0 aliphatic rings. The van der Waals surface area contributed by atoms with Gasteiger partial charge in [0, 0.05) is 24.7 Å². The van der Waals surface area contributed by atoms with Gasteiger partial charge in [0.1, 0.15) is 0 Å². The SMILES string of the molecule is COCCNc1ncc(C)s1. The van der Waals surface area contributed by atoms with E-state index in [0.29, 0.717) is 0 Å². The molecule has 0 saturated carbocycles. The second-order valence-electron chi connectivity index (χ2n) is 2.20. The normalized spacial score (nSPS) is 10.0. The highest BCUT2D eigenvalue weighted by Gasteiger charge is 1.94. The second kappa shape index (κ2) is 4.31. The molecule has 3 nitrogen and oxygen atoms in total. The van der Waals surface area contributed by atoms with E-state index in [4.69, 9.17) is 4.74 Å². The summed E-state index contributed by atoms with van der Waals surface area (Å²) in [4.78, 5) is 5.37. The highest BCUT2D eigenvalue weighted by Crippen LogP contribution is 2.15. The monoisotopic (exact) mass is 172 g/mol. The van der Waals surface area contributed by atoms with E-state index < -0.39 is 0 Å². The molecule has 0 unspecified atom stereocenters. The van der Waals surface area contributed by atoms with E-state index in [-0.39, 0.29) is 0 Å². The Bertz CT molecular complexity index is 212. The summed E-state index contributed by atoms with van der Waals surface area (Å²) in [6.07, 6.45) is 1.86. The summed E-state index contributed by atoms with van der Waals surface area (Å²) in [7, 11) is 1.69. The van der Waals surface area contributed by atoms with Crippen LogP contribution in [0.15, 0.2) is 6.20 Å². The van der Waals surface area contributed by atoms with Crippen LogP contribution >= 0.6 is 11.3 Å². The van der Waals surface area contributed by atoms with Crippen molar-refractivity contribution in [3.8, 4) is 0 Å². The average molecular weight is 172 g/mol. The number of aryl methyl sites for hydroxylation is 1. The molecule has 0 fully saturated rings. The number of thiazole rings is 1. The Morgan fingerprint density at radius 3 is 3.09 bits per heavy atom. The van der Waals surface area contributed by atoms with E-state index in [0.717, 1.165) is 18.3 Å². The predicted octanol–water partition coefficient (Wildman–Crippen LogP) is 1.51. The van der Waals surface area contributed by atoms with Crippen LogP contribution in [-0.4, -0.2) is 25.2 Å². The number of hydrogen-bond donors (Lipinski definition) is 1. The Morgan fingerprint density at radius 1 is 1.73 bits per heavy atom. The lowest BCUT2D eigenvalue weighted by Gasteiger charge is -1.99. The van der Waals surface area contributed by atoms with Gasteiger partial charge in [-0.1, -0.05) is 0 Å². The van der Waals surface area contributed by atoms with Crippen molar-refractivity contribution in [1.29, 1.82) is 0 Å². The zero-order valence-corrected chi connectivity index (χ0v) is 7.57. The molecule has 0 aliphatic carbocycles. The average Bonchev–Trinajstić information content (AvgIpc) is 2.37. The molecule has 1 N–H and O–H groups in total. The van der Waals surface area contributed by atoms with Gasteiger partial charge < -0.3 is 10.1 Å². The van der Waals surface area contributed by atoms with Crippen molar-refractivity contribution in [3.63, 3.8) is 0 Å². The summed E-state index contributed by atoms with van der Waals surface area (Å²) in [5, 5.41) is 4.12. The molecule has 0 saturated heterocycles. The maximum absolute atomic E-state index is 4.88. The maximum atomic E-state index is 4.88. The van der Waals surface area contributed by atoms with Gasteiger partial charge in [0.05, 0.1) is 6.61 Å². The van der Waals surface area contributed by atoms with Gasteiger partial charge in [-0.15, -0.1) is 11.3 Å². The van der Waals surface area contributed by atoms with E-state index in [1.54, 1.807) is 18.4 Å². The molecule has 0 aliphatic heterocycles. The van der Waals surface area contributed by atoms with Crippen molar-refractivity contribution in [2.45, 2.75) is 6.92 Å². The van der Waals surface area contributed by atoms with Gasteiger partial charge in [0.2, 0.25) is 0 Å². The molecule has 1 heterocycles. The molecule has 4 heteroatoms. The largest absolute Gasteiger partial charge is 0.383 e. The van der Waals surface area contributed by atoms with Crippen LogP contribution in [0.3, 0.4) is 0 Å². The summed E-state index contributed by atoms with van der Waals surface area (Å²) in [5.41, 5.74) is 0. The summed E-state index contributed by atoms with van der Waals surface area (Å²) < 4.78 is 4.88. The molecule has 0 spiro atoms. The van der Waals surface area contributed by atoms with Crippen LogP contribution in [-0.2, 0) is 4.74 Å². The second-order valence-corrected chi connectivity index (χ2v) is 3.43. The van der Waals surface area contributed by atoms with Crippen molar-refractivity contribution >= 4 is 16.5 Å². The molecule has 0 atom stereocenters. The lowest BCUT2D eigenvalue weighted by molar-refractivity contribution is 0.211. The van der Waals surface area contributed by atoms with E-state index >= 15 is 0 Å². The van der Waals surface area contributed by atoms with Gasteiger partial charge in [-0.25, -0.2) is 4.98 Å². The maximum Gasteiger partial charge on any atom is 0.182 e. The number of nitrogens with one attached hydrogen (secondary N) is 1. The summed E-state index contributed by atoms with van der Waals surface area (Å²) in [6.45, 7) is 3.58. The lowest BCUT2D eigenvalue weighted by atomic mass is 10.6. The van der Waals surface area contributed by atoms with Gasteiger partial charge in [0.15, 0.2) is 5.13 Å². The van der Waals surface area contributed by atoms with Crippen LogP contribution < -0.4 is 5.32 Å². The smallest absolute Gasteiger partial charge is 0.182 e. The number of nitrogens with zero attached hydrogens (tertiary/aromatic N) is 1. The fourth-order valence-corrected chi connectivity index (χ4v) is 1.39. The first-order valence-corrected chi connectivity index (χ1v) is 4.30. The number of hydrogen-bond acceptors (Lipinski definition) is 4. The van der Waals surface area contributed by atoms with Crippen LogP contribution in [0.5, 0.6) is 0 Å². The molecular formula is C7H12N2OS. The van der Waals surface area contributed by atoms with Gasteiger partial charge >= 0.3 is 0 Å². The minimum absolute atomic E-state index is 0.721. The lowest BCUT2D eigenvalue weighted by Crippen LogP contribution is -2.06. The summed E-state index contributed by atoms with van der Waals surface area (Å²) in [5.74, 6) is 0. The highest BCUT2D eigenvalue weighted by molar-refractivity contribution is 7.15. The molecule has 62 valence electrons. The first-order chi connectivity index (χ1) is 5.33. The number of methoxy groups -OCH3 is 1. The van der Waals surface area contributed by atoms with E-state index in [2.05, 4.69) is 10.3 Å². The molecule has 0 radical (unpaired) electrons. The number of aromatic nitrogens is 1. The third kappa shape index (κ3) is 2.86. The Hall–Kier alpha value is -0.610. The first-order valence-electron chi connectivity index (χ1n) is 3.48. The van der Waals surface area contributed by atoms with Crippen LogP contribution in [0.2, 0.25) is 0 Å². The van der Waals surface area contributed by atoms with Gasteiger partial charge in [-0.3, -0.25) is 0 Å². The fourth-order valence-electron chi connectivity index (χ4n) is 0.696. The minimum atomic E-state index is 0.721. The molecule has 1 rings (SSSR count). The highest BCUT2D eigenvalue weighted by atomic mass is 32.1. The van der Waals surface area contributed by atoms with Crippen LogP contribution in [0.4, 0.5) is 5.13 Å². The predicted molar refractivity (Wildman–Crippen MR) is 47.2 cm³/mol. The van der Waals surface area contributed by atoms with Crippen LogP contribution in [0, 0.1) is 6.92 Å². The molecule has 0 amide bonds. The summed E-state index contributed by atoms with van der Waals surface area (Å²) in [6, 6.07) is 0. The molecule has 0 bridgehead atoms. The Labute approximate surface area is 70.4 Å². The fraction of sp³-hybridized carbons (Fsp3) is 0.571. The van der Waals surface area contributed by atoms with Crippen molar-refractivity contribution in [2.75, 3.05) is 25.6 Å². The molecular weight excluding hydrogens is 160 g/mol. The zero-order chi connectivity index (χ0) is 8.10. The Balaban J connectivity index is 2.27. The third-order valence-electron chi connectivity index (χ3n) is 1.20. The van der Waals surface area contributed by atoms with Gasteiger partial charge in [0.25, 0.3) is 0 Å². The minimum Gasteiger partial charge on any atom is -0.383 e. The molecule has 0 aromatic carbocycles. The Kier molecular flexibility index (Phi) is 3.32. The standard InChI is InChI=1S/C7H12N2OS/c1-6-5-9-7(11-6)8-3-4-10-2/h5H,3-4H2,1-2H3,(H,8,9). The van der Waals surface area contributed by atoms with E-state index in [1.165, 1.54) is 4.88 Å². The van der Waals surface area contributed by atoms with Crippen molar-refractivity contribution < 1.29 is 4.74 Å². The van der Waals surface area contributed by atoms with E-state index in [9.17, 15) is 0 Å². The quantitative estimate of drug-likeness (QED) is 0.699. The zero-order valence-electron chi connectivity index (χ0n) is 6.76. The van der Waals surface area contributed by atoms with Gasteiger partial charge in [-0.05, 0) is 6.92 Å². The Morgan fingerprint density at radius 2 is 2.55 bits per heavy atom. The molecule has 1 aromatic rings. The van der Waals surface area contributed by atoms with Crippen LogP contribution in [0.1, 0.15) is 4.88 Å². The van der Waals surface area contributed by atoms with Crippen molar-refractivity contribution in [3.05, 3.63) is 11.1 Å². The molecule has 1 aromatic heterocycles. The number of ether oxygens (including phenoxy) is 1. The van der Waals surface area contributed by atoms with Crippen LogP contribution in [0.25, 0.3) is 0 Å². The summed E-state index contributed by atoms with van der Waals surface area (Å²) >= 11 is 1.66. The van der Waals surface area contributed by atoms with Gasteiger partial charge in [-0.2, -0.15) is 0 Å². The van der Waals surface area contributed by atoms with Crippen molar-refractivity contribution in [2.24, 2.45) is 0 Å². The van der Waals surface area contributed by atoms with E-state index in [1.807, 2.05) is 13.1 Å². The topological polar surface area (TPSA) is 34.1 Å². The first kappa shape index (κ1) is 8.49. The third-order valence-corrected chi connectivity index (χ3v) is 2.07.